The van der Waals surface area contributed by atoms with Crippen molar-refractivity contribution in [2.75, 3.05) is 18.9 Å². The van der Waals surface area contributed by atoms with Crippen LogP contribution >= 0.6 is 0 Å². The molecule has 1 aliphatic rings. The van der Waals surface area contributed by atoms with Gasteiger partial charge in [-0.15, -0.1) is 0 Å². The van der Waals surface area contributed by atoms with Crippen LogP contribution in [0, 0.1) is 0 Å². The number of ether oxygens (including phenoxy) is 1. The fraction of sp³-hybridized carbons (Fsp3) is 0.292. The largest absolute Gasteiger partial charge is 0.466 e. The molecule has 3 aromatic rings. The van der Waals surface area contributed by atoms with E-state index >= 15 is 0 Å². The van der Waals surface area contributed by atoms with Crippen LogP contribution in [0.1, 0.15) is 29.2 Å². The highest BCUT2D eigenvalue weighted by Crippen LogP contribution is 2.27. The summed E-state index contributed by atoms with van der Waals surface area (Å²) in [6, 6.07) is 19.1. The zero-order valence-electron chi connectivity index (χ0n) is 16.3. The summed E-state index contributed by atoms with van der Waals surface area (Å²) in [6.45, 7) is 5.18. The molecule has 28 heavy (non-hydrogen) atoms. The number of fused-ring (bicyclic) bond motifs is 2. The Morgan fingerprint density at radius 1 is 1.11 bits per heavy atom. The number of hydrogen-bond acceptors (Lipinski definition) is 4. The van der Waals surface area contributed by atoms with Crippen LogP contribution in [0.4, 0.5) is 5.69 Å². The van der Waals surface area contributed by atoms with Crippen molar-refractivity contribution in [3.05, 3.63) is 76.9 Å². The summed E-state index contributed by atoms with van der Waals surface area (Å²) in [5.41, 5.74) is 11.8. The molecule has 0 saturated heterocycles. The Balaban J connectivity index is 1.55. The molecule has 0 atom stereocenters. The van der Waals surface area contributed by atoms with E-state index in [9.17, 15) is 4.79 Å². The predicted molar refractivity (Wildman–Crippen MR) is 113 cm³/mol. The van der Waals surface area contributed by atoms with Gasteiger partial charge in [0.15, 0.2) is 0 Å². The average Bonchev–Trinajstić information content (AvgIpc) is 2.70. The summed E-state index contributed by atoms with van der Waals surface area (Å²) >= 11 is 0. The maximum absolute atomic E-state index is 12.0. The summed E-state index contributed by atoms with van der Waals surface area (Å²) in [7, 11) is 0. The predicted octanol–water partition coefficient (Wildman–Crippen LogP) is 4.09. The standard InChI is InChI=1S/C24H26N2O2/c1-2-28-24(27)14-22-21-9-7-17(13-19(21)8-10-23(22)25)15-26-12-11-18-5-3-4-6-20(18)16-26/h3-10,13H,2,11-12,14-16,25H2,1H3. The zero-order chi connectivity index (χ0) is 19.5. The van der Waals surface area contributed by atoms with Crippen LogP contribution in [0.25, 0.3) is 10.8 Å². The van der Waals surface area contributed by atoms with Crippen molar-refractivity contribution in [3.8, 4) is 0 Å². The van der Waals surface area contributed by atoms with Gasteiger partial charge in [0.05, 0.1) is 13.0 Å². The Morgan fingerprint density at radius 3 is 2.75 bits per heavy atom. The van der Waals surface area contributed by atoms with E-state index in [1.165, 1.54) is 16.7 Å². The lowest BCUT2D eigenvalue weighted by atomic mass is 9.97. The van der Waals surface area contributed by atoms with Crippen LogP contribution in [0.2, 0.25) is 0 Å². The molecular weight excluding hydrogens is 348 g/mol. The molecule has 0 saturated carbocycles. The van der Waals surface area contributed by atoms with E-state index in [0.29, 0.717) is 12.3 Å². The second kappa shape index (κ2) is 8.03. The normalized spacial score (nSPS) is 14.0. The number of nitrogens with two attached hydrogens (primary N) is 1. The van der Waals surface area contributed by atoms with Gasteiger partial charge in [-0.2, -0.15) is 0 Å². The second-order valence-corrected chi connectivity index (χ2v) is 7.40. The fourth-order valence-corrected chi connectivity index (χ4v) is 4.06. The molecule has 0 aliphatic carbocycles. The Labute approximate surface area is 165 Å². The summed E-state index contributed by atoms with van der Waals surface area (Å²) < 4.78 is 5.10. The summed E-state index contributed by atoms with van der Waals surface area (Å²) in [5.74, 6) is -0.238. The van der Waals surface area contributed by atoms with Crippen LogP contribution in [-0.2, 0) is 35.5 Å². The van der Waals surface area contributed by atoms with Crippen molar-refractivity contribution >= 4 is 22.4 Å². The fourth-order valence-electron chi connectivity index (χ4n) is 4.06. The molecular formula is C24H26N2O2. The van der Waals surface area contributed by atoms with Crippen molar-refractivity contribution in [1.82, 2.24) is 4.90 Å². The maximum atomic E-state index is 12.0. The van der Waals surface area contributed by atoms with Crippen LogP contribution in [-0.4, -0.2) is 24.0 Å². The molecule has 4 rings (SSSR count). The van der Waals surface area contributed by atoms with E-state index < -0.39 is 0 Å². The first kappa shape index (κ1) is 18.5. The number of benzene rings is 3. The van der Waals surface area contributed by atoms with Gasteiger partial charge >= 0.3 is 5.97 Å². The minimum absolute atomic E-state index is 0.208. The molecule has 3 aromatic carbocycles. The smallest absolute Gasteiger partial charge is 0.310 e. The van der Waals surface area contributed by atoms with Crippen molar-refractivity contribution < 1.29 is 9.53 Å². The first-order valence-corrected chi connectivity index (χ1v) is 9.89. The monoisotopic (exact) mass is 374 g/mol. The molecule has 0 amide bonds. The van der Waals surface area contributed by atoms with Crippen LogP contribution in [0.5, 0.6) is 0 Å². The van der Waals surface area contributed by atoms with E-state index in [1.807, 2.05) is 19.1 Å². The molecule has 2 N–H and O–H groups in total. The van der Waals surface area contributed by atoms with Gasteiger partial charge in [0.2, 0.25) is 0 Å². The Bertz CT molecular complexity index is 1010. The lowest BCUT2D eigenvalue weighted by molar-refractivity contribution is -0.142. The van der Waals surface area contributed by atoms with E-state index in [4.69, 9.17) is 10.5 Å². The molecule has 4 heteroatoms. The SMILES string of the molecule is CCOC(=O)Cc1c(N)ccc2cc(CN3CCc4ccccc4C3)ccc12. The van der Waals surface area contributed by atoms with Crippen LogP contribution in [0.15, 0.2) is 54.6 Å². The molecule has 0 bridgehead atoms. The van der Waals surface area contributed by atoms with Crippen molar-refractivity contribution in [2.24, 2.45) is 0 Å². The minimum atomic E-state index is -0.238. The van der Waals surface area contributed by atoms with Gasteiger partial charge in [-0.1, -0.05) is 42.5 Å². The van der Waals surface area contributed by atoms with Gasteiger partial charge in [-0.05, 0) is 58.5 Å². The number of carbonyl (C=O) groups is 1. The lowest BCUT2D eigenvalue weighted by Crippen LogP contribution is -2.29. The van der Waals surface area contributed by atoms with Crippen molar-refractivity contribution in [1.29, 1.82) is 0 Å². The van der Waals surface area contributed by atoms with E-state index in [2.05, 4.69) is 47.4 Å². The molecule has 0 aromatic heterocycles. The highest BCUT2D eigenvalue weighted by molar-refractivity contribution is 5.93. The first-order valence-electron chi connectivity index (χ1n) is 9.89. The molecule has 1 heterocycles. The van der Waals surface area contributed by atoms with Crippen molar-refractivity contribution in [3.63, 3.8) is 0 Å². The molecule has 0 fully saturated rings. The average molecular weight is 374 g/mol. The molecule has 144 valence electrons. The van der Waals surface area contributed by atoms with Gasteiger partial charge in [-0.25, -0.2) is 0 Å². The number of nitrogens with zero attached hydrogens (tertiary/aromatic N) is 1. The molecule has 4 nitrogen and oxygen atoms in total. The van der Waals surface area contributed by atoms with Gasteiger partial charge in [-0.3, -0.25) is 9.69 Å². The third kappa shape index (κ3) is 3.87. The zero-order valence-corrected chi connectivity index (χ0v) is 16.3. The number of anilines is 1. The van der Waals surface area contributed by atoms with E-state index in [-0.39, 0.29) is 12.4 Å². The number of esters is 1. The van der Waals surface area contributed by atoms with Crippen molar-refractivity contribution in [2.45, 2.75) is 32.9 Å². The Kier molecular flexibility index (Phi) is 5.31. The molecule has 0 radical (unpaired) electrons. The molecule has 0 spiro atoms. The highest BCUT2D eigenvalue weighted by atomic mass is 16.5. The minimum Gasteiger partial charge on any atom is -0.466 e. The maximum Gasteiger partial charge on any atom is 0.310 e. The second-order valence-electron chi connectivity index (χ2n) is 7.40. The first-order chi connectivity index (χ1) is 13.6. The van der Waals surface area contributed by atoms with Crippen LogP contribution in [0.3, 0.4) is 0 Å². The summed E-state index contributed by atoms with van der Waals surface area (Å²) in [6.07, 6.45) is 1.31. The molecule has 1 aliphatic heterocycles. The third-order valence-electron chi connectivity index (χ3n) is 5.47. The Morgan fingerprint density at radius 2 is 1.93 bits per heavy atom. The number of carbonyl (C=O) groups excluding carboxylic acids is 1. The quantitative estimate of drug-likeness (QED) is 0.540. The third-order valence-corrected chi connectivity index (χ3v) is 5.47. The number of nitrogen functional groups attached to an aromatic ring is 1. The molecule has 0 unspecified atom stereocenters. The highest BCUT2D eigenvalue weighted by Gasteiger charge is 2.16. The number of rotatable bonds is 5. The van der Waals surface area contributed by atoms with E-state index in [1.54, 1.807) is 0 Å². The van der Waals surface area contributed by atoms with Gasteiger partial charge in [0, 0.05) is 25.3 Å². The van der Waals surface area contributed by atoms with Gasteiger partial charge in [0.1, 0.15) is 0 Å². The topological polar surface area (TPSA) is 55.6 Å². The summed E-state index contributed by atoms with van der Waals surface area (Å²) in [4.78, 5) is 14.4. The van der Waals surface area contributed by atoms with Gasteiger partial charge < -0.3 is 10.5 Å². The van der Waals surface area contributed by atoms with Crippen LogP contribution < -0.4 is 5.73 Å². The number of hydrogen-bond donors (Lipinski definition) is 1. The summed E-state index contributed by atoms with van der Waals surface area (Å²) in [5, 5.41) is 2.14. The Hall–Kier alpha value is -2.85. The lowest BCUT2D eigenvalue weighted by Gasteiger charge is -2.28. The van der Waals surface area contributed by atoms with Gasteiger partial charge in [0.25, 0.3) is 0 Å². The van der Waals surface area contributed by atoms with E-state index in [0.717, 1.165) is 42.4 Å².